The Labute approximate surface area is 108 Å². The van der Waals surface area contributed by atoms with E-state index in [4.69, 9.17) is 24.4 Å². The summed E-state index contributed by atoms with van der Waals surface area (Å²) in [6, 6.07) is 0. The van der Waals surface area contributed by atoms with Crippen molar-refractivity contribution in [3.63, 3.8) is 0 Å². The molecule has 0 spiro atoms. The Morgan fingerprint density at radius 1 is 1.26 bits per heavy atom. The van der Waals surface area contributed by atoms with Gasteiger partial charge < -0.3 is 34.6 Å². The van der Waals surface area contributed by atoms with E-state index in [0.29, 0.717) is 0 Å². The molecule has 1 rings (SSSR count). The maximum Gasteiger partial charge on any atom is 0.317 e. The van der Waals surface area contributed by atoms with Crippen LogP contribution in [0, 0.1) is 0 Å². The van der Waals surface area contributed by atoms with Gasteiger partial charge in [0.05, 0.1) is 6.61 Å². The lowest BCUT2D eigenvalue weighted by atomic mass is 9.99. The van der Waals surface area contributed by atoms with Crippen molar-refractivity contribution in [3.8, 4) is 0 Å². The van der Waals surface area contributed by atoms with E-state index in [0.717, 1.165) is 0 Å². The van der Waals surface area contributed by atoms with Crippen molar-refractivity contribution in [2.24, 2.45) is 0 Å². The molecule has 0 aromatic heterocycles. The maximum absolute atomic E-state index is 11.2. The predicted octanol–water partition coefficient (Wildman–Crippen LogP) is -2.54. The second-order valence-electron chi connectivity index (χ2n) is 3.97. The first-order valence-corrected chi connectivity index (χ1v) is 5.47. The van der Waals surface area contributed by atoms with Gasteiger partial charge in [-0.05, 0) is 0 Å². The number of aliphatic hydroxyl groups is 3. The molecule has 5 atom stereocenters. The van der Waals surface area contributed by atoms with Crippen LogP contribution in [0.4, 0.5) is 0 Å². The van der Waals surface area contributed by atoms with E-state index >= 15 is 0 Å². The summed E-state index contributed by atoms with van der Waals surface area (Å²) in [5, 5.41) is 37.0. The van der Waals surface area contributed by atoms with Crippen LogP contribution in [-0.2, 0) is 23.8 Å². The van der Waals surface area contributed by atoms with Gasteiger partial charge in [-0.15, -0.1) is 0 Å². The number of hydrogen-bond acceptors (Lipinski definition) is 8. The number of aliphatic hydroxyl groups excluding tert-OH is 3. The molecule has 0 aromatic rings. The molecule has 0 unspecified atom stereocenters. The summed E-state index contributed by atoms with van der Waals surface area (Å²) in [7, 11) is 1.22. The molecule has 4 N–H and O–H groups in total. The van der Waals surface area contributed by atoms with Gasteiger partial charge in [-0.1, -0.05) is 0 Å². The molecule has 19 heavy (non-hydrogen) atoms. The van der Waals surface area contributed by atoms with Gasteiger partial charge in [-0.25, -0.2) is 0 Å². The summed E-state index contributed by atoms with van der Waals surface area (Å²) in [6.07, 6.45) is -7.66. The summed E-state index contributed by atoms with van der Waals surface area (Å²) in [5.41, 5.74) is 0. The first-order valence-electron chi connectivity index (χ1n) is 5.47. The van der Waals surface area contributed by atoms with E-state index in [1.807, 2.05) is 0 Å². The lowest BCUT2D eigenvalue weighted by Gasteiger charge is -2.40. The topological polar surface area (TPSA) is 143 Å². The Morgan fingerprint density at radius 3 is 2.37 bits per heavy atom. The minimum Gasteiger partial charge on any atom is -0.481 e. The van der Waals surface area contributed by atoms with Crippen molar-refractivity contribution >= 4 is 11.9 Å². The number of carboxylic acids is 1. The summed E-state index contributed by atoms with van der Waals surface area (Å²) >= 11 is 0. The van der Waals surface area contributed by atoms with Gasteiger partial charge in [-0.2, -0.15) is 0 Å². The summed E-state index contributed by atoms with van der Waals surface area (Å²) in [5.74, 6) is -2.52. The standard InChI is InChI=1S/C10H16O9/c1-17-10-8(16)9(7(15)4(3-11)18-10)19-6(14)2-5(12)13/h4,7-11,15-16H,2-3H2,1H3,(H,12,13)/t4-,7+,8-,9+,10-/m1/s1. The quantitative estimate of drug-likeness (QED) is 0.316. The minimum absolute atomic E-state index is 0.583. The molecule has 1 heterocycles. The second-order valence-corrected chi connectivity index (χ2v) is 3.97. The fraction of sp³-hybridized carbons (Fsp3) is 0.800. The molecule has 1 fully saturated rings. The van der Waals surface area contributed by atoms with Crippen LogP contribution >= 0.6 is 0 Å². The van der Waals surface area contributed by atoms with Crippen molar-refractivity contribution in [2.45, 2.75) is 37.1 Å². The van der Waals surface area contributed by atoms with Crippen LogP contribution in [0.3, 0.4) is 0 Å². The molecule has 9 heteroatoms. The van der Waals surface area contributed by atoms with E-state index in [1.54, 1.807) is 0 Å². The first-order chi connectivity index (χ1) is 8.90. The van der Waals surface area contributed by atoms with Crippen molar-refractivity contribution in [3.05, 3.63) is 0 Å². The van der Waals surface area contributed by atoms with E-state index in [1.165, 1.54) is 7.11 Å². The second kappa shape index (κ2) is 6.78. The third-order valence-electron chi connectivity index (χ3n) is 2.62. The van der Waals surface area contributed by atoms with Gasteiger partial charge in [0.15, 0.2) is 12.4 Å². The highest BCUT2D eigenvalue weighted by molar-refractivity contribution is 5.90. The van der Waals surface area contributed by atoms with Crippen LogP contribution in [0.15, 0.2) is 0 Å². The Hall–Kier alpha value is -1.26. The van der Waals surface area contributed by atoms with Crippen molar-refractivity contribution in [2.75, 3.05) is 13.7 Å². The van der Waals surface area contributed by atoms with E-state index < -0.39 is 55.7 Å². The van der Waals surface area contributed by atoms with E-state index in [2.05, 4.69) is 0 Å². The number of carboxylic acid groups (broad SMARTS) is 1. The largest absolute Gasteiger partial charge is 0.481 e. The van der Waals surface area contributed by atoms with Crippen LogP contribution in [-0.4, -0.2) is 76.8 Å². The molecular weight excluding hydrogens is 264 g/mol. The molecule has 1 aliphatic heterocycles. The zero-order valence-corrected chi connectivity index (χ0v) is 10.1. The van der Waals surface area contributed by atoms with Gasteiger partial charge >= 0.3 is 11.9 Å². The highest BCUT2D eigenvalue weighted by atomic mass is 16.7. The summed E-state index contributed by atoms with van der Waals surface area (Å²) in [4.78, 5) is 21.6. The van der Waals surface area contributed by atoms with Gasteiger partial charge in [0, 0.05) is 7.11 Å². The number of hydrogen-bond donors (Lipinski definition) is 4. The van der Waals surface area contributed by atoms with Crippen molar-refractivity contribution in [1.29, 1.82) is 0 Å². The molecule has 1 saturated heterocycles. The van der Waals surface area contributed by atoms with Crippen LogP contribution in [0.1, 0.15) is 6.42 Å². The maximum atomic E-state index is 11.2. The predicted molar refractivity (Wildman–Crippen MR) is 56.9 cm³/mol. The molecule has 0 saturated carbocycles. The minimum atomic E-state index is -1.50. The van der Waals surface area contributed by atoms with Crippen LogP contribution < -0.4 is 0 Å². The number of esters is 1. The molecule has 110 valence electrons. The molecule has 1 aliphatic rings. The summed E-state index contributed by atoms with van der Waals surface area (Å²) in [6.45, 7) is -0.583. The van der Waals surface area contributed by atoms with Gasteiger partial charge in [0.2, 0.25) is 0 Å². The van der Waals surface area contributed by atoms with Crippen molar-refractivity contribution in [1.82, 2.24) is 0 Å². The number of carbonyl (C=O) groups excluding carboxylic acids is 1. The van der Waals surface area contributed by atoms with Gasteiger partial charge in [0.25, 0.3) is 0 Å². The lowest BCUT2D eigenvalue weighted by Crippen LogP contribution is -2.60. The SMILES string of the molecule is CO[C@@H]1O[C@H](CO)[C@H](O)[C@H](OC(=O)CC(=O)O)[C@H]1O. The Bertz CT molecular complexity index is 315. The third kappa shape index (κ3) is 3.85. The monoisotopic (exact) mass is 280 g/mol. The van der Waals surface area contributed by atoms with Crippen LogP contribution in [0.25, 0.3) is 0 Å². The molecule has 0 radical (unpaired) electrons. The molecular formula is C10H16O9. The Morgan fingerprint density at radius 2 is 1.89 bits per heavy atom. The average Bonchev–Trinajstić information content (AvgIpc) is 2.34. The fourth-order valence-electron chi connectivity index (χ4n) is 1.70. The van der Waals surface area contributed by atoms with Gasteiger partial charge in [0.1, 0.15) is 24.7 Å². The zero-order valence-electron chi connectivity index (χ0n) is 10.1. The van der Waals surface area contributed by atoms with Crippen LogP contribution in [0.2, 0.25) is 0 Å². The lowest BCUT2D eigenvalue weighted by molar-refractivity contribution is -0.297. The highest BCUT2D eigenvalue weighted by Gasteiger charge is 2.46. The first kappa shape index (κ1) is 15.8. The molecule has 0 amide bonds. The average molecular weight is 280 g/mol. The van der Waals surface area contributed by atoms with E-state index in [9.17, 15) is 19.8 Å². The van der Waals surface area contributed by atoms with Gasteiger partial charge in [-0.3, -0.25) is 9.59 Å². The Kier molecular flexibility index (Phi) is 5.63. The number of aliphatic carboxylic acids is 1. The van der Waals surface area contributed by atoms with E-state index in [-0.39, 0.29) is 0 Å². The number of ether oxygens (including phenoxy) is 3. The molecule has 0 bridgehead atoms. The number of methoxy groups -OCH3 is 1. The highest BCUT2D eigenvalue weighted by Crippen LogP contribution is 2.24. The third-order valence-corrected chi connectivity index (χ3v) is 2.62. The fourth-order valence-corrected chi connectivity index (χ4v) is 1.70. The summed E-state index contributed by atoms with van der Waals surface area (Å²) < 4.78 is 14.5. The molecule has 0 aromatic carbocycles. The van der Waals surface area contributed by atoms with Crippen molar-refractivity contribution < 1.29 is 44.2 Å². The molecule has 9 nitrogen and oxygen atoms in total. The normalized spacial score (nSPS) is 34.8. The smallest absolute Gasteiger partial charge is 0.317 e. The number of rotatable bonds is 5. The Balaban J connectivity index is 2.75. The van der Waals surface area contributed by atoms with Crippen LogP contribution in [0.5, 0.6) is 0 Å². The molecule has 0 aliphatic carbocycles. The number of carbonyl (C=O) groups is 2. The zero-order chi connectivity index (χ0) is 14.6.